The Morgan fingerprint density at radius 1 is 1.09 bits per heavy atom. The Balaban J connectivity index is 1.57. The zero-order chi connectivity index (χ0) is 25.2. The fraction of sp³-hybridized carbons (Fsp3) is 0.500. The van der Waals surface area contributed by atoms with Gasteiger partial charge in [0.2, 0.25) is 11.8 Å². The summed E-state index contributed by atoms with van der Waals surface area (Å²) in [5.74, 6) is -2.74. The molecule has 0 bridgehead atoms. The molecule has 3 N–H and O–H groups in total. The lowest BCUT2D eigenvalue weighted by atomic mass is 9.75. The fourth-order valence-corrected chi connectivity index (χ4v) is 5.22. The average molecular weight is 487 g/mol. The molecule has 3 aliphatic rings. The molecule has 1 unspecified atom stereocenters. The van der Waals surface area contributed by atoms with Crippen LogP contribution >= 0.6 is 0 Å². The highest BCUT2D eigenvalue weighted by atomic mass is 16.6. The first-order chi connectivity index (χ1) is 16.8. The van der Waals surface area contributed by atoms with Crippen molar-refractivity contribution in [1.29, 1.82) is 0 Å². The predicted molar refractivity (Wildman–Crippen MR) is 123 cm³/mol. The fourth-order valence-electron chi connectivity index (χ4n) is 5.22. The second kappa shape index (κ2) is 9.95. The van der Waals surface area contributed by atoms with Gasteiger partial charge in [-0.2, -0.15) is 0 Å². The summed E-state index contributed by atoms with van der Waals surface area (Å²) in [4.78, 5) is 55.2. The van der Waals surface area contributed by atoms with E-state index in [1.807, 2.05) is 36.4 Å². The molecule has 3 aliphatic heterocycles. The molecule has 4 rings (SSSR count). The molecule has 11 nitrogen and oxygen atoms in total. The van der Waals surface area contributed by atoms with Crippen molar-refractivity contribution < 1.29 is 34.2 Å². The van der Waals surface area contributed by atoms with Crippen molar-refractivity contribution in [3.63, 3.8) is 0 Å². The number of piperidine rings is 1. The Labute approximate surface area is 202 Å². The van der Waals surface area contributed by atoms with E-state index in [9.17, 15) is 29.5 Å². The maximum atomic E-state index is 13.8. The molecule has 2 saturated heterocycles. The quantitative estimate of drug-likeness (QED) is 0.435. The highest BCUT2D eigenvalue weighted by Crippen LogP contribution is 2.38. The Kier molecular flexibility index (Phi) is 6.97. The van der Waals surface area contributed by atoms with Crippen LogP contribution in [0, 0.1) is 5.92 Å². The second-order valence-electron chi connectivity index (χ2n) is 9.29. The Morgan fingerprint density at radius 3 is 2.40 bits per heavy atom. The maximum Gasteiger partial charge on any atom is 0.410 e. The summed E-state index contributed by atoms with van der Waals surface area (Å²) in [5.41, 5.74) is 1.62. The summed E-state index contributed by atoms with van der Waals surface area (Å²) < 4.78 is 5.54. The van der Waals surface area contributed by atoms with Crippen molar-refractivity contribution in [3.8, 4) is 0 Å². The lowest BCUT2D eigenvalue weighted by molar-refractivity contribution is -0.160. The number of hydroxylamine groups is 1. The molecule has 3 heterocycles. The van der Waals surface area contributed by atoms with Gasteiger partial charge in [-0.1, -0.05) is 36.4 Å². The standard InChI is InChI=1S/C24H30N4O7/c1-24(21(30)27-12-9-17(14-27)16-7-3-2-4-8-16)19(20(29)25-34)13-18(15-28(24)22(31)32)35-23(33)26-10-5-6-11-26/h2-4,7-9,18-19,34H,5-6,10-15H2,1H3,(H,25,29)(H,31,32)/t18?,19-,24+/m1/s1. The van der Waals surface area contributed by atoms with E-state index < -0.39 is 41.6 Å². The van der Waals surface area contributed by atoms with Crippen LogP contribution in [0.4, 0.5) is 9.59 Å². The Morgan fingerprint density at radius 2 is 1.77 bits per heavy atom. The molecule has 0 saturated carbocycles. The molecule has 0 aliphatic carbocycles. The van der Waals surface area contributed by atoms with Gasteiger partial charge in [0.15, 0.2) is 0 Å². The highest BCUT2D eigenvalue weighted by molar-refractivity contribution is 5.97. The number of carbonyl (C=O) groups is 4. The van der Waals surface area contributed by atoms with E-state index in [-0.39, 0.29) is 26.1 Å². The maximum absolute atomic E-state index is 13.8. The molecule has 2 fully saturated rings. The summed E-state index contributed by atoms with van der Waals surface area (Å²) in [7, 11) is 0. The number of benzene rings is 1. The van der Waals surface area contributed by atoms with Crippen molar-refractivity contribution in [2.24, 2.45) is 5.92 Å². The molecular formula is C24H30N4O7. The molecule has 11 heteroatoms. The van der Waals surface area contributed by atoms with Crippen LogP contribution in [0.25, 0.3) is 5.57 Å². The first-order valence-corrected chi connectivity index (χ1v) is 11.7. The molecule has 4 amide bonds. The molecular weight excluding hydrogens is 456 g/mol. The topological polar surface area (TPSA) is 140 Å². The molecule has 0 spiro atoms. The van der Waals surface area contributed by atoms with Gasteiger partial charge in [0.25, 0.3) is 0 Å². The highest BCUT2D eigenvalue weighted by Gasteiger charge is 2.58. The second-order valence-corrected chi connectivity index (χ2v) is 9.29. The monoisotopic (exact) mass is 486 g/mol. The minimum absolute atomic E-state index is 0.106. The number of hydrogen-bond acceptors (Lipinski definition) is 6. The van der Waals surface area contributed by atoms with Gasteiger partial charge in [0, 0.05) is 32.6 Å². The largest absolute Gasteiger partial charge is 0.465 e. The first kappa shape index (κ1) is 24.5. The molecule has 35 heavy (non-hydrogen) atoms. The third-order valence-electron chi connectivity index (χ3n) is 7.20. The number of nitrogens with zero attached hydrogens (tertiary/aromatic N) is 3. The zero-order valence-corrected chi connectivity index (χ0v) is 19.6. The number of hydrogen-bond donors (Lipinski definition) is 3. The third-order valence-corrected chi connectivity index (χ3v) is 7.20. The normalized spacial score (nSPS) is 26.3. The van der Waals surface area contributed by atoms with Gasteiger partial charge in [0.1, 0.15) is 11.6 Å². The SMILES string of the molecule is C[C@@]1(C(=O)N2CC=C(c3ccccc3)C2)[C@@H](C(=O)NO)CC(OC(=O)N2CCCC2)CN1C(=O)O. The zero-order valence-electron chi connectivity index (χ0n) is 19.6. The first-order valence-electron chi connectivity index (χ1n) is 11.7. The van der Waals surface area contributed by atoms with Gasteiger partial charge in [-0.3, -0.25) is 19.7 Å². The number of likely N-dealkylation sites (tertiary alicyclic amines) is 2. The number of amides is 4. The number of ether oxygens (including phenoxy) is 1. The van der Waals surface area contributed by atoms with Gasteiger partial charge < -0.3 is 19.6 Å². The van der Waals surface area contributed by atoms with Gasteiger partial charge in [-0.15, -0.1) is 0 Å². The van der Waals surface area contributed by atoms with Crippen LogP contribution < -0.4 is 5.48 Å². The van der Waals surface area contributed by atoms with E-state index in [0.717, 1.165) is 28.9 Å². The number of rotatable bonds is 4. The van der Waals surface area contributed by atoms with Crippen molar-refractivity contribution >= 4 is 29.6 Å². The number of carboxylic acid groups (broad SMARTS) is 1. The van der Waals surface area contributed by atoms with Gasteiger partial charge in [0.05, 0.1) is 12.5 Å². The molecule has 3 atom stereocenters. The van der Waals surface area contributed by atoms with E-state index in [2.05, 4.69) is 0 Å². The van der Waals surface area contributed by atoms with Gasteiger partial charge >= 0.3 is 12.2 Å². The van der Waals surface area contributed by atoms with Crippen LogP contribution in [0.1, 0.15) is 31.7 Å². The summed E-state index contributed by atoms with van der Waals surface area (Å²) in [6, 6.07) is 9.52. The summed E-state index contributed by atoms with van der Waals surface area (Å²) in [6.07, 6.45) is 0.563. The molecule has 188 valence electrons. The number of nitrogens with one attached hydrogen (secondary N) is 1. The smallest absolute Gasteiger partial charge is 0.410 e. The van der Waals surface area contributed by atoms with E-state index >= 15 is 0 Å². The van der Waals surface area contributed by atoms with Crippen molar-refractivity contribution in [2.75, 3.05) is 32.7 Å². The Bertz CT molecular complexity index is 1020. The van der Waals surface area contributed by atoms with E-state index in [1.54, 1.807) is 5.48 Å². The van der Waals surface area contributed by atoms with Crippen molar-refractivity contribution in [1.82, 2.24) is 20.2 Å². The summed E-state index contributed by atoms with van der Waals surface area (Å²) >= 11 is 0. The van der Waals surface area contributed by atoms with Gasteiger partial charge in [-0.05, 0) is 30.9 Å². The molecule has 0 radical (unpaired) electrons. The van der Waals surface area contributed by atoms with Gasteiger partial charge in [-0.25, -0.2) is 15.1 Å². The molecule has 1 aromatic rings. The Hall–Kier alpha value is -3.60. The van der Waals surface area contributed by atoms with E-state index in [4.69, 9.17) is 4.74 Å². The minimum Gasteiger partial charge on any atom is -0.465 e. The van der Waals surface area contributed by atoms with E-state index in [0.29, 0.717) is 13.1 Å². The lowest BCUT2D eigenvalue weighted by Gasteiger charge is -2.49. The van der Waals surface area contributed by atoms with E-state index in [1.165, 1.54) is 16.7 Å². The predicted octanol–water partition coefficient (Wildman–Crippen LogP) is 1.78. The van der Waals surface area contributed by atoms with Crippen LogP contribution in [0.3, 0.4) is 0 Å². The number of carbonyl (C=O) groups excluding carboxylic acids is 3. The summed E-state index contributed by atoms with van der Waals surface area (Å²) in [5, 5.41) is 19.4. The average Bonchev–Trinajstić information content (AvgIpc) is 3.57. The lowest BCUT2D eigenvalue weighted by Crippen LogP contribution is -2.70. The van der Waals surface area contributed by atoms with Crippen LogP contribution in [-0.4, -0.2) is 93.4 Å². The molecule has 1 aromatic carbocycles. The summed E-state index contributed by atoms with van der Waals surface area (Å²) in [6.45, 7) is 2.74. The third kappa shape index (κ3) is 4.68. The van der Waals surface area contributed by atoms with Crippen LogP contribution in [-0.2, 0) is 14.3 Å². The van der Waals surface area contributed by atoms with Crippen LogP contribution in [0.5, 0.6) is 0 Å². The molecule has 0 aromatic heterocycles. The van der Waals surface area contributed by atoms with Crippen molar-refractivity contribution in [3.05, 3.63) is 42.0 Å². The van der Waals surface area contributed by atoms with Crippen molar-refractivity contribution in [2.45, 2.75) is 37.8 Å². The van der Waals surface area contributed by atoms with Crippen LogP contribution in [0.15, 0.2) is 36.4 Å². The minimum atomic E-state index is -1.81. The van der Waals surface area contributed by atoms with Crippen LogP contribution in [0.2, 0.25) is 0 Å².